The molecule has 5 unspecified atom stereocenters. The fraction of sp³-hybridized carbons (Fsp3) is 0.833. The van der Waals surface area contributed by atoms with Crippen LogP contribution in [0.3, 0.4) is 0 Å². The van der Waals surface area contributed by atoms with E-state index in [1.165, 1.54) is 109 Å². The van der Waals surface area contributed by atoms with Crippen LogP contribution in [0.5, 0.6) is 0 Å². The molecule has 0 spiro atoms. The van der Waals surface area contributed by atoms with Crippen LogP contribution in [0.1, 0.15) is 356 Å². The third-order valence-electron chi connectivity index (χ3n) is 16.6. The molecular weight excluding hydrogens is 1130 g/mol. The van der Waals surface area contributed by atoms with Gasteiger partial charge in [0, 0.05) is 44.4 Å². The lowest BCUT2D eigenvalue weighted by Gasteiger charge is -2.22. The zero-order valence-corrected chi connectivity index (χ0v) is 62.1. The molecule has 530 valence electrons. The van der Waals surface area contributed by atoms with E-state index in [2.05, 4.69) is 101 Å². The summed E-state index contributed by atoms with van der Waals surface area (Å²) in [6.45, 7) is 38.8. The molecule has 0 aliphatic heterocycles. The number of ketones is 2. The number of hydrogen-bond donors (Lipinski definition) is 0. The Kier molecular flexibility index (Phi) is 76.0. The molecule has 0 aromatic rings. The molecule has 0 rings (SSSR count). The Morgan fingerprint density at radius 1 is 0.378 bits per heavy atom. The maximum absolute atomic E-state index is 13.2. The lowest BCUT2D eigenvalue weighted by atomic mass is 9.88. The maximum Gasteiger partial charge on any atom is 0.306 e. The Morgan fingerprint density at radius 2 is 0.711 bits per heavy atom. The van der Waals surface area contributed by atoms with Gasteiger partial charge < -0.3 is 28.5 Å². The molecule has 0 fully saturated rings. The molecule has 0 heterocycles. The second-order valence-corrected chi connectivity index (χ2v) is 25.3. The molecule has 90 heavy (non-hydrogen) atoms. The van der Waals surface area contributed by atoms with Gasteiger partial charge in [0.25, 0.3) is 0 Å². The normalized spacial score (nSPS) is 12.8. The van der Waals surface area contributed by atoms with Crippen LogP contribution in [-0.2, 0) is 57.2 Å². The highest BCUT2D eigenvalue weighted by Gasteiger charge is 2.26. The van der Waals surface area contributed by atoms with Gasteiger partial charge in [0.05, 0.1) is 26.4 Å². The Balaban J connectivity index is -0.000000442. The van der Waals surface area contributed by atoms with Gasteiger partial charge in [0.15, 0.2) is 0 Å². The van der Waals surface area contributed by atoms with E-state index in [0.29, 0.717) is 50.0 Å². The predicted octanol–water partition coefficient (Wildman–Crippen LogP) is 22.3. The van der Waals surface area contributed by atoms with Gasteiger partial charge in [0.1, 0.15) is 17.7 Å². The zero-order chi connectivity index (χ0) is 69.0. The number of allylic oxidation sites excluding steroid dienone is 5. The van der Waals surface area contributed by atoms with E-state index in [9.17, 15) is 33.6 Å². The number of Topliss-reactive ketones (excluding diaryl/α,β-unsaturated/α-hetero) is 2. The topological polar surface area (TPSA) is 166 Å². The highest BCUT2D eigenvalue weighted by molar-refractivity contribution is 5.79. The maximum atomic E-state index is 13.2. The number of rotatable bonds is 52. The van der Waals surface area contributed by atoms with E-state index in [-0.39, 0.29) is 92.1 Å². The molecule has 0 aromatic heterocycles. The van der Waals surface area contributed by atoms with E-state index in [4.69, 9.17) is 23.7 Å². The van der Waals surface area contributed by atoms with Crippen LogP contribution in [0.2, 0.25) is 0 Å². The molecule has 0 saturated heterocycles. The molecule has 0 N–H and O–H groups in total. The standard InChI is InChI=1S/C38H70O6.C24H44O5.C6H12O.C6H12.C4H8/c1-8-13-15-17-19-21-25-42-36(39)28-33(29-37(40)43-26-22-20-18-16-14-9-2)30-38(41)44-35(27-31(6)10-3)24-23-34(12-5)32(7)11-4;1-4-6-8-10-12-14-16-28-23(26)19-22(18-21(3)25)20-24(27)29-17-15-13-11-9-7-5-2;1-4-5(2)6(3)7;1-4-6(3)5-2;1-3-4-2/h23-24,31-35H,8-22,25-30H2,1-7H3;22H,4-20H2,1-3H3;5H,4H2,1-3H3;4H,5H2,1-3H3;3-4H,1-2H3/b24-23-;;;6-4+;4-3-. The second kappa shape index (κ2) is 72.3. The minimum atomic E-state index is -0.506. The first-order valence-electron chi connectivity index (χ1n) is 36.8. The molecule has 0 amide bonds. The van der Waals surface area contributed by atoms with Crippen molar-refractivity contribution in [1.82, 2.24) is 0 Å². The summed E-state index contributed by atoms with van der Waals surface area (Å²) in [5, 5.41) is 0. The Morgan fingerprint density at radius 3 is 0.956 bits per heavy atom. The number of carbonyl (C=O) groups is 7. The lowest BCUT2D eigenvalue weighted by Crippen LogP contribution is -2.24. The van der Waals surface area contributed by atoms with Crippen LogP contribution in [0.15, 0.2) is 36.0 Å². The van der Waals surface area contributed by atoms with Crippen LogP contribution < -0.4 is 0 Å². The average Bonchev–Trinajstić information content (AvgIpc) is 3.49. The van der Waals surface area contributed by atoms with Gasteiger partial charge in [-0.25, -0.2) is 0 Å². The van der Waals surface area contributed by atoms with Crippen molar-refractivity contribution in [1.29, 1.82) is 0 Å². The van der Waals surface area contributed by atoms with Crippen LogP contribution in [0.4, 0.5) is 0 Å². The number of esters is 5. The zero-order valence-electron chi connectivity index (χ0n) is 62.1. The summed E-state index contributed by atoms with van der Waals surface area (Å²) in [6.07, 6.45) is 43.5. The monoisotopic (exact) mass is 1280 g/mol. The summed E-state index contributed by atoms with van der Waals surface area (Å²) >= 11 is 0. The van der Waals surface area contributed by atoms with Crippen molar-refractivity contribution in [3.05, 3.63) is 36.0 Å². The smallest absolute Gasteiger partial charge is 0.306 e. The van der Waals surface area contributed by atoms with E-state index in [1.54, 1.807) is 6.92 Å². The number of unbranched alkanes of at least 4 members (excludes halogenated alkanes) is 20. The van der Waals surface area contributed by atoms with E-state index < -0.39 is 5.92 Å². The Labute approximate surface area is 555 Å². The fourth-order valence-corrected chi connectivity index (χ4v) is 9.26. The molecule has 12 heteroatoms. The van der Waals surface area contributed by atoms with Gasteiger partial charge in [-0.3, -0.25) is 28.8 Å². The highest BCUT2D eigenvalue weighted by atomic mass is 16.6. The molecule has 5 atom stereocenters. The van der Waals surface area contributed by atoms with E-state index in [1.807, 2.05) is 39.8 Å². The first kappa shape index (κ1) is 94.6. The van der Waals surface area contributed by atoms with Crippen molar-refractivity contribution in [2.45, 2.75) is 362 Å². The summed E-state index contributed by atoms with van der Waals surface area (Å²) in [5.41, 5.74) is 1.47. The van der Waals surface area contributed by atoms with Gasteiger partial charge >= 0.3 is 29.8 Å². The minimum absolute atomic E-state index is 0.00828. The van der Waals surface area contributed by atoms with Crippen molar-refractivity contribution in [2.75, 3.05) is 26.4 Å². The van der Waals surface area contributed by atoms with Crippen molar-refractivity contribution in [3.63, 3.8) is 0 Å². The first-order valence-corrected chi connectivity index (χ1v) is 36.8. The van der Waals surface area contributed by atoms with Crippen LogP contribution >= 0.6 is 0 Å². The third-order valence-corrected chi connectivity index (χ3v) is 16.6. The summed E-state index contributed by atoms with van der Waals surface area (Å²) in [7, 11) is 0. The molecule has 0 saturated carbocycles. The van der Waals surface area contributed by atoms with Gasteiger partial charge in [-0.05, 0) is 129 Å². The van der Waals surface area contributed by atoms with Gasteiger partial charge in [-0.1, -0.05) is 254 Å². The van der Waals surface area contributed by atoms with Gasteiger partial charge in [0.2, 0.25) is 0 Å². The van der Waals surface area contributed by atoms with Crippen molar-refractivity contribution in [2.24, 2.45) is 35.5 Å². The number of carbonyl (C=O) groups excluding carboxylic acids is 7. The van der Waals surface area contributed by atoms with Crippen molar-refractivity contribution < 1.29 is 57.2 Å². The molecule has 0 aromatic carbocycles. The lowest BCUT2D eigenvalue weighted by molar-refractivity contribution is -0.153. The van der Waals surface area contributed by atoms with E-state index >= 15 is 0 Å². The van der Waals surface area contributed by atoms with Crippen LogP contribution in [-0.4, -0.2) is 73.9 Å². The van der Waals surface area contributed by atoms with Crippen molar-refractivity contribution in [3.8, 4) is 0 Å². The minimum Gasteiger partial charge on any atom is -0.466 e. The molecular formula is C78H146O12. The predicted molar refractivity (Wildman–Crippen MR) is 379 cm³/mol. The number of hydrogen-bond acceptors (Lipinski definition) is 12. The first-order chi connectivity index (χ1) is 43.1. The Bertz CT molecular complexity index is 1700. The van der Waals surface area contributed by atoms with Crippen LogP contribution in [0.25, 0.3) is 0 Å². The van der Waals surface area contributed by atoms with Crippen molar-refractivity contribution >= 4 is 41.4 Å². The summed E-state index contributed by atoms with van der Waals surface area (Å²) in [4.78, 5) is 84.6. The molecule has 12 nitrogen and oxygen atoms in total. The summed E-state index contributed by atoms with van der Waals surface area (Å²) in [6, 6.07) is 0. The Hall–Kier alpha value is -4.09. The quantitative estimate of drug-likeness (QED) is 0.0245. The SMILES string of the molecule is C/C=C(\C)CC.C/C=C\C.CCC(C)C(C)=O.CCCCCCCCOC(=O)CC(CC(=O)OCCCCCCCC)CC(=O)OC(/C=C\C(CC)C(C)CC)CC(C)CC.CCCCCCCCOC(=O)CC(CC(C)=O)CC(=O)OCCCCCCCC. The van der Waals surface area contributed by atoms with Crippen LogP contribution in [0, 0.1) is 35.5 Å². The average molecular weight is 1280 g/mol. The summed E-state index contributed by atoms with van der Waals surface area (Å²) < 4.78 is 27.5. The molecule has 0 bridgehead atoms. The van der Waals surface area contributed by atoms with Gasteiger partial charge in [-0.2, -0.15) is 0 Å². The fourth-order valence-electron chi connectivity index (χ4n) is 9.26. The highest BCUT2D eigenvalue weighted by Crippen LogP contribution is 2.24. The molecule has 0 aliphatic rings. The van der Waals surface area contributed by atoms with E-state index in [0.717, 1.165) is 96.3 Å². The van der Waals surface area contributed by atoms with Gasteiger partial charge in [-0.15, -0.1) is 0 Å². The number of ether oxygens (including phenoxy) is 5. The molecule has 0 aliphatic carbocycles. The largest absolute Gasteiger partial charge is 0.466 e. The molecule has 0 radical (unpaired) electrons. The summed E-state index contributed by atoms with van der Waals surface area (Å²) in [5.74, 6) is -0.658. The third kappa shape index (κ3) is 71.4. The second-order valence-electron chi connectivity index (χ2n) is 25.3.